The van der Waals surface area contributed by atoms with Gasteiger partial charge in [0.1, 0.15) is 24.3 Å². The second-order valence-corrected chi connectivity index (χ2v) is 7.01. The average Bonchev–Trinajstić information content (AvgIpc) is 2.62. The third kappa shape index (κ3) is 5.17. The van der Waals surface area contributed by atoms with Gasteiger partial charge in [0.25, 0.3) is 0 Å². The molecule has 25 heavy (non-hydrogen) atoms. The van der Waals surface area contributed by atoms with E-state index >= 15 is 0 Å². The number of hydrogen-bond acceptors (Lipinski definition) is 4. The van der Waals surface area contributed by atoms with Crippen molar-refractivity contribution in [1.29, 1.82) is 0 Å². The number of benzene rings is 2. The van der Waals surface area contributed by atoms with Crippen molar-refractivity contribution in [3.05, 3.63) is 58.8 Å². The number of β-amino-alcohol motifs (C(OH)–C–C–N with tert-alkyl or cyclic N) is 1. The van der Waals surface area contributed by atoms with E-state index in [2.05, 4.69) is 25.7 Å². The minimum Gasteiger partial charge on any atom is -0.490 e. The molecule has 0 radical (unpaired) electrons. The van der Waals surface area contributed by atoms with Crippen molar-refractivity contribution in [3.63, 3.8) is 0 Å². The summed E-state index contributed by atoms with van der Waals surface area (Å²) in [6, 6.07) is 14.2. The zero-order chi connectivity index (χ0) is 17.6. The van der Waals surface area contributed by atoms with Gasteiger partial charge in [0, 0.05) is 38.4 Å². The highest BCUT2D eigenvalue weighted by Gasteiger charge is 2.20. The van der Waals surface area contributed by atoms with E-state index in [9.17, 15) is 9.50 Å². The monoisotopic (exact) mass is 408 g/mol. The second-order valence-electron chi connectivity index (χ2n) is 6.16. The van der Waals surface area contributed by atoms with Crippen LogP contribution in [0.1, 0.15) is 0 Å². The normalized spacial score (nSPS) is 16.7. The first-order valence-electron chi connectivity index (χ1n) is 8.40. The lowest BCUT2D eigenvalue weighted by molar-refractivity contribution is 0.0660. The third-order valence-electron chi connectivity index (χ3n) is 4.30. The van der Waals surface area contributed by atoms with E-state index in [1.807, 2.05) is 36.4 Å². The zero-order valence-corrected chi connectivity index (χ0v) is 15.5. The molecule has 1 aliphatic rings. The molecule has 2 aromatic rings. The number of para-hydroxylation sites is 1. The molecule has 1 atom stereocenters. The topological polar surface area (TPSA) is 35.9 Å². The van der Waals surface area contributed by atoms with Crippen LogP contribution >= 0.6 is 15.9 Å². The Morgan fingerprint density at radius 2 is 1.72 bits per heavy atom. The molecule has 1 heterocycles. The molecule has 4 nitrogen and oxygen atoms in total. The lowest BCUT2D eigenvalue weighted by Gasteiger charge is -2.36. The summed E-state index contributed by atoms with van der Waals surface area (Å²) in [6.45, 7) is 4.31. The summed E-state index contributed by atoms with van der Waals surface area (Å²) in [5.41, 5.74) is 1.04. The van der Waals surface area contributed by atoms with Crippen LogP contribution in [0.4, 0.5) is 10.1 Å². The molecule has 0 aromatic heterocycles. The molecule has 0 bridgehead atoms. The first-order valence-corrected chi connectivity index (χ1v) is 9.19. The fourth-order valence-corrected chi connectivity index (χ4v) is 3.34. The van der Waals surface area contributed by atoms with Gasteiger partial charge in [0.15, 0.2) is 0 Å². The number of hydrogen-bond donors (Lipinski definition) is 1. The Morgan fingerprint density at radius 3 is 2.40 bits per heavy atom. The molecule has 6 heteroatoms. The van der Waals surface area contributed by atoms with E-state index in [4.69, 9.17) is 4.74 Å². The number of nitrogens with zero attached hydrogens (tertiary/aromatic N) is 2. The number of ether oxygens (including phenoxy) is 1. The molecule has 1 unspecified atom stereocenters. The molecule has 1 aliphatic heterocycles. The zero-order valence-electron chi connectivity index (χ0n) is 13.9. The lowest BCUT2D eigenvalue weighted by Crippen LogP contribution is -2.49. The second kappa shape index (κ2) is 8.65. The molecular weight excluding hydrogens is 387 g/mol. The molecule has 0 saturated carbocycles. The first-order chi connectivity index (χ1) is 12.1. The van der Waals surface area contributed by atoms with E-state index < -0.39 is 6.10 Å². The van der Waals surface area contributed by atoms with Crippen molar-refractivity contribution in [2.75, 3.05) is 44.2 Å². The highest BCUT2D eigenvalue weighted by atomic mass is 79.9. The van der Waals surface area contributed by atoms with E-state index in [0.717, 1.165) is 42.1 Å². The molecule has 1 saturated heterocycles. The molecular formula is C19H22BrFN2O2. The van der Waals surface area contributed by atoms with Gasteiger partial charge in [-0.2, -0.15) is 0 Å². The minimum atomic E-state index is -0.538. The van der Waals surface area contributed by atoms with Crippen molar-refractivity contribution >= 4 is 21.6 Å². The van der Waals surface area contributed by atoms with Crippen LogP contribution in [0, 0.1) is 5.82 Å². The van der Waals surface area contributed by atoms with Crippen LogP contribution in [-0.2, 0) is 0 Å². The number of halogens is 2. The number of rotatable bonds is 6. The third-order valence-corrected chi connectivity index (χ3v) is 4.96. The van der Waals surface area contributed by atoms with Gasteiger partial charge in [-0.1, -0.05) is 12.1 Å². The van der Waals surface area contributed by atoms with Crippen LogP contribution in [0.3, 0.4) is 0 Å². The average molecular weight is 409 g/mol. The molecule has 1 fully saturated rings. The van der Waals surface area contributed by atoms with Crippen LogP contribution < -0.4 is 9.64 Å². The molecule has 0 aliphatic carbocycles. The van der Waals surface area contributed by atoms with Gasteiger partial charge in [-0.05, 0) is 52.3 Å². The summed E-state index contributed by atoms with van der Waals surface area (Å²) in [6.07, 6.45) is -0.538. The molecule has 134 valence electrons. The molecule has 2 aromatic carbocycles. The number of anilines is 1. The van der Waals surface area contributed by atoms with Gasteiger partial charge in [0.05, 0.1) is 4.47 Å². The standard InChI is InChI=1S/C19H22BrFN2O2/c20-18-3-1-2-4-19(18)25-14-17(24)13-22-9-11-23(12-10-22)16-7-5-15(21)6-8-16/h1-8,17,24H,9-14H2. The Labute approximate surface area is 155 Å². The Bertz CT molecular complexity index is 675. The number of piperazine rings is 1. The molecule has 1 N–H and O–H groups in total. The van der Waals surface area contributed by atoms with Gasteiger partial charge in [0.2, 0.25) is 0 Å². The van der Waals surface area contributed by atoms with Crippen molar-refractivity contribution < 1.29 is 14.2 Å². The van der Waals surface area contributed by atoms with Crippen LogP contribution in [0.2, 0.25) is 0 Å². The van der Waals surface area contributed by atoms with Crippen molar-refractivity contribution in [2.24, 2.45) is 0 Å². The summed E-state index contributed by atoms with van der Waals surface area (Å²) in [4.78, 5) is 4.47. The quantitative estimate of drug-likeness (QED) is 0.796. The Balaban J connectivity index is 1.42. The molecule has 0 amide bonds. The van der Waals surface area contributed by atoms with E-state index in [-0.39, 0.29) is 12.4 Å². The van der Waals surface area contributed by atoms with Crippen LogP contribution in [0.15, 0.2) is 53.0 Å². The van der Waals surface area contributed by atoms with E-state index in [0.29, 0.717) is 6.54 Å². The van der Waals surface area contributed by atoms with E-state index in [1.54, 1.807) is 0 Å². The Morgan fingerprint density at radius 1 is 1.04 bits per heavy atom. The summed E-state index contributed by atoms with van der Waals surface area (Å²) >= 11 is 3.43. The summed E-state index contributed by atoms with van der Waals surface area (Å²) in [5, 5.41) is 10.2. The predicted octanol–water partition coefficient (Wildman–Crippen LogP) is 3.15. The van der Waals surface area contributed by atoms with Crippen LogP contribution in [-0.4, -0.2) is 55.4 Å². The van der Waals surface area contributed by atoms with Gasteiger partial charge in [-0.15, -0.1) is 0 Å². The largest absolute Gasteiger partial charge is 0.490 e. The SMILES string of the molecule is OC(COc1ccccc1Br)CN1CCN(c2ccc(F)cc2)CC1. The fourth-order valence-electron chi connectivity index (χ4n) is 2.94. The number of aliphatic hydroxyl groups excluding tert-OH is 1. The molecule has 3 rings (SSSR count). The van der Waals surface area contributed by atoms with Crippen LogP contribution in [0.5, 0.6) is 5.75 Å². The Hall–Kier alpha value is -1.63. The van der Waals surface area contributed by atoms with Gasteiger partial charge >= 0.3 is 0 Å². The van der Waals surface area contributed by atoms with Crippen molar-refractivity contribution in [3.8, 4) is 5.75 Å². The smallest absolute Gasteiger partial charge is 0.133 e. The fraction of sp³-hybridized carbons (Fsp3) is 0.368. The van der Waals surface area contributed by atoms with Crippen molar-refractivity contribution in [1.82, 2.24) is 4.90 Å². The highest BCUT2D eigenvalue weighted by Crippen LogP contribution is 2.24. The summed E-state index contributed by atoms with van der Waals surface area (Å²) in [7, 11) is 0. The maximum atomic E-state index is 13.0. The minimum absolute atomic E-state index is 0.212. The van der Waals surface area contributed by atoms with Crippen molar-refractivity contribution in [2.45, 2.75) is 6.10 Å². The Kier molecular flexibility index (Phi) is 6.29. The van der Waals surface area contributed by atoms with E-state index in [1.165, 1.54) is 12.1 Å². The number of aliphatic hydroxyl groups is 1. The highest BCUT2D eigenvalue weighted by molar-refractivity contribution is 9.10. The maximum absolute atomic E-state index is 13.0. The molecule has 0 spiro atoms. The summed E-state index contributed by atoms with van der Waals surface area (Å²) < 4.78 is 19.6. The first kappa shape index (κ1) is 18.2. The summed E-state index contributed by atoms with van der Waals surface area (Å²) in [5.74, 6) is 0.526. The van der Waals surface area contributed by atoms with Gasteiger partial charge < -0.3 is 14.7 Å². The van der Waals surface area contributed by atoms with Gasteiger partial charge in [-0.25, -0.2) is 4.39 Å². The lowest BCUT2D eigenvalue weighted by atomic mass is 10.2. The maximum Gasteiger partial charge on any atom is 0.133 e. The van der Waals surface area contributed by atoms with Crippen LogP contribution in [0.25, 0.3) is 0 Å². The van der Waals surface area contributed by atoms with Gasteiger partial charge in [-0.3, -0.25) is 4.90 Å². The predicted molar refractivity (Wildman–Crippen MR) is 101 cm³/mol.